The maximum absolute atomic E-state index is 13.2. The first-order valence-electron chi connectivity index (χ1n) is 11.2. The minimum atomic E-state index is -0.337. The summed E-state index contributed by atoms with van der Waals surface area (Å²) in [5, 5.41) is 2.99. The second kappa shape index (κ2) is 11.7. The Morgan fingerprint density at radius 3 is 2.49 bits per heavy atom. The first kappa shape index (κ1) is 26.5. The van der Waals surface area contributed by atoms with E-state index in [1.165, 1.54) is 23.8 Å². The summed E-state index contributed by atoms with van der Waals surface area (Å²) >= 11 is 13.2. The molecule has 0 saturated carbocycles. The number of thiocarbonyl (C=S) groups is 1. The number of nitrogens with zero attached hydrogens (tertiary/aromatic N) is 2. The van der Waals surface area contributed by atoms with Crippen molar-refractivity contribution in [2.75, 3.05) is 42.9 Å². The molecule has 0 spiro atoms. The smallest absolute Gasteiger partial charge is 0.270 e. The lowest BCUT2D eigenvalue weighted by Crippen LogP contribution is -2.27. The molecule has 4 rings (SSSR count). The molecule has 0 aromatic heterocycles. The first-order chi connectivity index (χ1) is 17.8. The highest BCUT2D eigenvalue weighted by Crippen LogP contribution is 2.40. The zero-order valence-electron chi connectivity index (χ0n) is 20.4. The summed E-state index contributed by atoms with van der Waals surface area (Å²) < 4.78 is 11.6. The molecular weight excluding hydrogens is 530 g/mol. The molecule has 2 amide bonds. The van der Waals surface area contributed by atoms with Gasteiger partial charge in [-0.2, -0.15) is 0 Å². The fourth-order valence-corrected chi connectivity index (χ4v) is 5.13. The summed E-state index contributed by atoms with van der Waals surface area (Å²) in [6.45, 7) is -0.254. The van der Waals surface area contributed by atoms with Gasteiger partial charge in [0.25, 0.3) is 11.8 Å². The van der Waals surface area contributed by atoms with Crippen molar-refractivity contribution in [2.24, 2.45) is 0 Å². The topological polar surface area (TPSA) is 71.1 Å². The van der Waals surface area contributed by atoms with Crippen molar-refractivity contribution in [1.82, 2.24) is 0 Å². The third-order valence-electron chi connectivity index (χ3n) is 5.37. The van der Waals surface area contributed by atoms with Gasteiger partial charge in [0.1, 0.15) is 0 Å². The van der Waals surface area contributed by atoms with Crippen LogP contribution in [0.1, 0.15) is 5.56 Å². The van der Waals surface area contributed by atoms with Crippen LogP contribution in [-0.4, -0.2) is 43.9 Å². The molecule has 3 aromatic rings. The van der Waals surface area contributed by atoms with Gasteiger partial charge in [0.15, 0.2) is 22.4 Å². The Balaban J connectivity index is 1.50. The van der Waals surface area contributed by atoms with Gasteiger partial charge in [-0.15, -0.1) is 0 Å². The van der Waals surface area contributed by atoms with Crippen LogP contribution in [0, 0.1) is 0 Å². The molecule has 3 aromatic carbocycles. The van der Waals surface area contributed by atoms with E-state index in [0.717, 1.165) is 5.69 Å². The van der Waals surface area contributed by atoms with E-state index < -0.39 is 0 Å². The van der Waals surface area contributed by atoms with Crippen LogP contribution in [0.4, 0.5) is 17.1 Å². The zero-order valence-corrected chi connectivity index (χ0v) is 22.7. The lowest BCUT2D eigenvalue weighted by Gasteiger charge is -2.17. The van der Waals surface area contributed by atoms with Crippen LogP contribution >= 0.6 is 35.6 Å². The molecule has 190 valence electrons. The van der Waals surface area contributed by atoms with Crippen molar-refractivity contribution in [2.45, 2.75) is 0 Å². The number of hydrogen-bond acceptors (Lipinski definition) is 7. The van der Waals surface area contributed by atoms with Gasteiger partial charge in [-0.3, -0.25) is 14.5 Å². The van der Waals surface area contributed by atoms with Gasteiger partial charge in [0.05, 0.1) is 22.7 Å². The normalized spacial score (nSPS) is 14.2. The molecule has 1 N–H and O–H groups in total. The highest BCUT2D eigenvalue weighted by Gasteiger charge is 2.33. The zero-order chi connectivity index (χ0) is 26.5. The number of nitrogens with one attached hydrogen (secondary N) is 1. The van der Waals surface area contributed by atoms with E-state index in [4.69, 9.17) is 33.3 Å². The van der Waals surface area contributed by atoms with E-state index >= 15 is 0 Å². The van der Waals surface area contributed by atoms with Crippen molar-refractivity contribution in [3.8, 4) is 11.5 Å². The molecule has 37 heavy (non-hydrogen) atoms. The predicted octanol–water partition coefficient (Wildman–Crippen LogP) is 5.84. The van der Waals surface area contributed by atoms with Crippen molar-refractivity contribution >= 4 is 74.9 Å². The van der Waals surface area contributed by atoms with Crippen LogP contribution in [0.5, 0.6) is 11.5 Å². The molecule has 0 atom stereocenters. The van der Waals surface area contributed by atoms with E-state index in [9.17, 15) is 9.59 Å². The van der Waals surface area contributed by atoms with Crippen LogP contribution in [-0.2, 0) is 9.59 Å². The van der Waals surface area contributed by atoms with Gasteiger partial charge in [0.2, 0.25) is 0 Å². The Kier molecular flexibility index (Phi) is 8.38. The van der Waals surface area contributed by atoms with E-state index in [1.807, 2.05) is 61.5 Å². The van der Waals surface area contributed by atoms with Crippen LogP contribution in [0.2, 0.25) is 5.02 Å². The Morgan fingerprint density at radius 2 is 1.84 bits per heavy atom. The molecule has 1 fully saturated rings. The van der Waals surface area contributed by atoms with Gasteiger partial charge in [0, 0.05) is 25.5 Å². The number of carbonyl (C=O) groups is 2. The van der Waals surface area contributed by atoms with Crippen LogP contribution in [0.25, 0.3) is 6.08 Å². The largest absolute Gasteiger partial charge is 0.493 e. The number of benzene rings is 3. The van der Waals surface area contributed by atoms with Gasteiger partial charge < -0.3 is 19.7 Å². The number of methoxy groups -OCH3 is 1. The molecular formula is C27H24ClN3O4S2. The van der Waals surface area contributed by atoms with Crippen LogP contribution in [0.15, 0.2) is 71.6 Å². The molecule has 1 aliphatic heterocycles. The van der Waals surface area contributed by atoms with Crippen molar-refractivity contribution < 1.29 is 19.1 Å². The molecule has 1 saturated heterocycles. The van der Waals surface area contributed by atoms with E-state index in [0.29, 0.717) is 31.9 Å². The lowest BCUT2D eigenvalue weighted by atomic mass is 10.1. The third-order valence-corrected chi connectivity index (χ3v) is 6.96. The minimum Gasteiger partial charge on any atom is -0.493 e. The van der Waals surface area contributed by atoms with E-state index in [-0.39, 0.29) is 29.2 Å². The van der Waals surface area contributed by atoms with Crippen molar-refractivity contribution in [1.29, 1.82) is 0 Å². The van der Waals surface area contributed by atoms with Crippen LogP contribution < -0.4 is 24.6 Å². The summed E-state index contributed by atoms with van der Waals surface area (Å²) in [7, 11) is 5.38. The average Bonchev–Trinajstić information content (AvgIpc) is 3.15. The second-order valence-corrected chi connectivity index (χ2v) is 10.2. The summed E-state index contributed by atoms with van der Waals surface area (Å²) in [5.41, 5.74) is 3.01. The summed E-state index contributed by atoms with van der Waals surface area (Å²) in [5.74, 6) is 0.00959. The number of halogens is 1. The van der Waals surface area contributed by atoms with E-state index in [1.54, 1.807) is 30.3 Å². The second-order valence-electron chi connectivity index (χ2n) is 8.16. The Bertz CT molecular complexity index is 1360. The SMILES string of the molecule is COc1cc(/C=C2\SC(=S)N(c3ccc(N(C)C)cc3)C2=O)cc(Cl)c1OCC(=O)Nc1ccccc1. The molecule has 10 heteroatoms. The third kappa shape index (κ3) is 6.25. The number of hydrogen-bond donors (Lipinski definition) is 1. The number of thioether (sulfide) groups is 1. The fourth-order valence-electron chi connectivity index (χ4n) is 3.56. The van der Waals surface area contributed by atoms with Crippen molar-refractivity contribution in [3.63, 3.8) is 0 Å². The monoisotopic (exact) mass is 553 g/mol. The quantitative estimate of drug-likeness (QED) is 0.278. The molecule has 0 aliphatic carbocycles. The standard InChI is InChI=1S/C27H24ClN3O4S2/c1-30(2)19-9-11-20(12-10-19)31-26(33)23(37-27(31)36)15-17-13-21(28)25(22(14-17)34-3)35-16-24(32)29-18-7-5-4-6-8-18/h4-15H,16H2,1-3H3,(H,29,32)/b23-15-. The Morgan fingerprint density at radius 1 is 1.14 bits per heavy atom. The minimum absolute atomic E-state index is 0.222. The molecule has 1 aliphatic rings. The molecule has 0 bridgehead atoms. The van der Waals surface area contributed by atoms with Gasteiger partial charge >= 0.3 is 0 Å². The highest BCUT2D eigenvalue weighted by atomic mass is 35.5. The Hall–Kier alpha value is -3.53. The number of anilines is 3. The highest BCUT2D eigenvalue weighted by molar-refractivity contribution is 8.27. The number of para-hydroxylation sites is 1. The van der Waals surface area contributed by atoms with Gasteiger partial charge in [-0.1, -0.05) is 53.8 Å². The predicted molar refractivity (Wildman–Crippen MR) is 155 cm³/mol. The number of rotatable bonds is 8. The molecule has 1 heterocycles. The number of ether oxygens (including phenoxy) is 2. The average molecular weight is 554 g/mol. The molecule has 0 unspecified atom stereocenters. The first-order valence-corrected chi connectivity index (χ1v) is 12.8. The molecule has 7 nitrogen and oxygen atoms in total. The summed E-state index contributed by atoms with van der Waals surface area (Å²) in [6, 6.07) is 20.0. The van der Waals surface area contributed by atoms with Crippen molar-refractivity contribution in [3.05, 3.63) is 82.2 Å². The number of carbonyl (C=O) groups excluding carboxylic acids is 2. The number of amides is 2. The van der Waals surface area contributed by atoms with E-state index in [2.05, 4.69) is 5.32 Å². The maximum atomic E-state index is 13.2. The summed E-state index contributed by atoms with van der Waals surface area (Å²) in [6.07, 6.45) is 1.70. The Labute approximate surface area is 230 Å². The van der Waals surface area contributed by atoms with Crippen LogP contribution in [0.3, 0.4) is 0 Å². The maximum Gasteiger partial charge on any atom is 0.270 e. The summed E-state index contributed by atoms with van der Waals surface area (Å²) in [4.78, 5) is 29.4. The van der Waals surface area contributed by atoms with Gasteiger partial charge in [-0.05, 0) is 60.2 Å². The fraction of sp³-hybridized carbons (Fsp3) is 0.148. The molecule has 0 radical (unpaired) electrons. The van der Waals surface area contributed by atoms with Gasteiger partial charge in [-0.25, -0.2) is 0 Å². The lowest BCUT2D eigenvalue weighted by molar-refractivity contribution is -0.118.